The Morgan fingerprint density at radius 2 is 1.13 bits per heavy atom. The largest absolute Gasteiger partial charge is 1.00 e. The van der Waals surface area contributed by atoms with Crippen molar-refractivity contribution in [2.75, 3.05) is 6.54 Å². The van der Waals surface area contributed by atoms with Crippen LogP contribution >= 0.6 is 0 Å². The summed E-state index contributed by atoms with van der Waals surface area (Å²) in [6, 6.07) is 8.30. The summed E-state index contributed by atoms with van der Waals surface area (Å²) in [7, 11) is 0. The molecular formula is C26H44NNaO3. The third-order valence-electron chi connectivity index (χ3n) is 5.25. The Balaban J connectivity index is 0. The summed E-state index contributed by atoms with van der Waals surface area (Å²) < 4.78 is 0. The summed E-state index contributed by atoms with van der Waals surface area (Å²) in [5, 5.41) is 11.0. The van der Waals surface area contributed by atoms with Gasteiger partial charge in [-0.1, -0.05) is 121 Å². The minimum absolute atomic E-state index is 0. The number of benzene rings is 1. The van der Waals surface area contributed by atoms with Crippen molar-refractivity contribution in [1.29, 1.82) is 0 Å². The van der Waals surface area contributed by atoms with Crippen LogP contribution in [-0.4, -0.2) is 24.0 Å². The van der Waals surface area contributed by atoms with Crippen molar-refractivity contribution in [3.05, 3.63) is 35.9 Å². The molecule has 0 aromatic heterocycles. The molecule has 0 saturated carbocycles. The number of amides is 1. The first-order valence-corrected chi connectivity index (χ1v) is 12.1. The molecule has 0 radical (unpaired) electrons. The van der Waals surface area contributed by atoms with E-state index in [0.717, 1.165) is 13.0 Å². The molecule has 0 fully saturated rings. The Morgan fingerprint density at radius 3 is 1.45 bits per heavy atom. The van der Waals surface area contributed by atoms with E-state index in [1.54, 1.807) is 36.7 Å². The van der Waals surface area contributed by atoms with E-state index in [4.69, 9.17) is 5.11 Å². The van der Waals surface area contributed by atoms with Crippen LogP contribution in [0.15, 0.2) is 30.3 Å². The fourth-order valence-corrected chi connectivity index (χ4v) is 3.39. The quantitative estimate of drug-likeness (QED) is 0.146. The Hall–Kier alpha value is -0.840. The Bertz CT molecular complexity index is 497. The molecule has 0 aliphatic rings. The van der Waals surface area contributed by atoms with Gasteiger partial charge < -0.3 is 15.2 Å². The molecule has 0 aliphatic carbocycles. The zero-order valence-electron chi connectivity index (χ0n) is 20.2. The molecule has 0 saturated heterocycles. The molecule has 0 heterocycles. The maximum absolute atomic E-state index is 10.2. The van der Waals surface area contributed by atoms with E-state index in [0.29, 0.717) is 5.56 Å². The van der Waals surface area contributed by atoms with Gasteiger partial charge in [-0.25, -0.2) is 4.79 Å². The fraction of sp³-hybridized carbons (Fsp3) is 0.692. The first-order chi connectivity index (χ1) is 14.7. The first-order valence-electron chi connectivity index (χ1n) is 12.1. The topological polar surface area (TPSA) is 66.4 Å². The molecule has 0 aliphatic heterocycles. The number of hydrogen-bond donors (Lipinski definition) is 2. The predicted molar refractivity (Wildman–Crippen MR) is 127 cm³/mol. The van der Waals surface area contributed by atoms with E-state index >= 15 is 0 Å². The zero-order valence-corrected chi connectivity index (χ0v) is 22.2. The second kappa shape index (κ2) is 27.2. The van der Waals surface area contributed by atoms with E-state index in [1.807, 2.05) is 0 Å². The number of rotatable bonds is 19. The number of carbonyl (C=O) groups excluding carboxylic acids is 1. The molecule has 2 N–H and O–H groups in total. The van der Waals surface area contributed by atoms with Gasteiger partial charge in [-0.2, -0.15) is 6.41 Å². The molecule has 1 aromatic rings. The van der Waals surface area contributed by atoms with Crippen molar-refractivity contribution in [2.45, 2.75) is 110 Å². The van der Waals surface area contributed by atoms with Gasteiger partial charge in [0.2, 0.25) is 0 Å². The third kappa shape index (κ3) is 25.3. The summed E-state index contributed by atoms with van der Waals surface area (Å²) in [6.07, 6.45) is 23.9. The summed E-state index contributed by atoms with van der Waals surface area (Å²) in [4.78, 5) is 20.1. The second-order valence-electron chi connectivity index (χ2n) is 8.00. The third-order valence-corrected chi connectivity index (χ3v) is 5.25. The van der Waals surface area contributed by atoms with Gasteiger partial charge in [0.25, 0.3) is 0 Å². The average molecular weight is 442 g/mol. The second-order valence-corrected chi connectivity index (χ2v) is 8.00. The van der Waals surface area contributed by atoms with Crippen molar-refractivity contribution in [3.63, 3.8) is 0 Å². The molecule has 1 aromatic carbocycles. The van der Waals surface area contributed by atoms with E-state index in [2.05, 4.69) is 12.2 Å². The number of nitrogens with one attached hydrogen (secondary N) is 1. The summed E-state index contributed by atoms with van der Waals surface area (Å²) in [5.41, 5.74) is 0.331. The fourth-order valence-electron chi connectivity index (χ4n) is 3.39. The number of unbranched alkanes of at least 4 members (excludes halogenated alkanes) is 15. The molecule has 1 rings (SSSR count). The number of carboxylic acid groups (broad SMARTS) is 1. The van der Waals surface area contributed by atoms with Gasteiger partial charge in [0, 0.05) is 0 Å². The number of carbonyl (C=O) groups is 1. The van der Waals surface area contributed by atoms with Crippen LogP contribution < -0.4 is 34.9 Å². The maximum Gasteiger partial charge on any atom is 1.00 e. The summed E-state index contributed by atoms with van der Waals surface area (Å²) >= 11 is 0. The molecule has 0 unspecified atom stereocenters. The van der Waals surface area contributed by atoms with Crippen molar-refractivity contribution < 1.29 is 44.3 Å². The predicted octanol–water partition coefficient (Wildman–Crippen LogP) is 4.29. The van der Waals surface area contributed by atoms with Gasteiger partial charge in [0.1, 0.15) is 0 Å². The van der Waals surface area contributed by atoms with E-state index in [9.17, 15) is 9.59 Å². The number of aromatic carboxylic acids is 1. The Labute approximate surface area is 213 Å². The van der Waals surface area contributed by atoms with Crippen LogP contribution in [0.1, 0.15) is 120 Å². The van der Waals surface area contributed by atoms with Crippen LogP contribution in [0.5, 0.6) is 0 Å². The number of carboxylic acids is 1. The van der Waals surface area contributed by atoms with Crippen LogP contribution in [0.3, 0.4) is 0 Å². The standard InChI is InChI=1S/C19H38NO.C7H6O2.Na/c1-2-3-4-5-6-7-8-9-10-11-12-13-14-15-16-17-18-20-19-21;8-7(9)6-4-2-1-3-5-6;/h2-18H2,1H3,(H,20,21);1-5H,(H,8,9);/q-1;;+1. The Morgan fingerprint density at radius 1 is 0.742 bits per heavy atom. The van der Waals surface area contributed by atoms with Crippen LogP contribution in [0.25, 0.3) is 0 Å². The van der Waals surface area contributed by atoms with Gasteiger partial charge in [0.05, 0.1) is 5.56 Å². The number of hydrogen-bond acceptors (Lipinski definition) is 2. The molecule has 0 bridgehead atoms. The molecule has 1 amide bonds. The van der Waals surface area contributed by atoms with Crippen LogP contribution in [-0.2, 0) is 4.79 Å². The first kappa shape index (κ1) is 32.3. The molecular weight excluding hydrogens is 397 g/mol. The van der Waals surface area contributed by atoms with Gasteiger partial charge >= 0.3 is 35.5 Å². The van der Waals surface area contributed by atoms with Crippen molar-refractivity contribution in [1.82, 2.24) is 5.32 Å². The molecule has 0 spiro atoms. The molecule has 31 heavy (non-hydrogen) atoms. The minimum atomic E-state index is -0.879. The smallest absolute Gasteiger partial charge is 0.530 e. The Kier molecular flexibility index (Phi) is 28.4. The zero-order chi connectivity index (χ0) is 22.1. The van der Waals surface area contributed by atoms with Crippen molar-refractivity contribution in [2.24, 2.45) is 0 Å². The van der Waals surface area contributed by atoms with E-state index in [-0.39, 0.29) is 29.6 Å². The minimum Gasteiger partial charge on any atom is -0.530 e. The van der Waals surface area contributed by atoms with E-state index in [1.165, 1.54) is 96.3 Å². The molecule has 5 heteroatoms. The normalized spacial score (nSPS) is 9.84. The van der Waals surface area contributed by atoms with Gasteiger partial charge in [-0.3, -0.25) is 0 Å². The van der Waals surface area contributed by atoms with Crippen LogP contribution in [0.2, 0.25) is 0 Å². The van der Waals surface area contributed by atoms with Gasteiger partial charge in [-0.05, 0) is 25.1 Å². The average Bonchev–Trinajstić information content (AvgIpc) is 2.77. The van der Waals surface area contributed by atoms with Crippen molar-refractivity contribution in [3.8, 4) is 0 Å². The summed E-state index contributed by atoms with van der Waals surface area (Å²) in [6.45, 7) is 3.08. The SMILES string of the molecule is CCCCCCCCCCCCCCCCCCN[C-]=O.O=C(O)c1ccccc1.[Na+]. The monoisotopic (exact) mass is 441 g/mol. The molecule has 0 atom stereocenters. The molecule has 4 nitrogen and oxygen atoms in total. The van der Waals surface area contributed by atoms with Crippen molar-refractivity contribution >= 4 is 12.4 Å². The van der Waals surface area contributed by atoms with Gasteiger partial charge in [0.15, 0.2) is 0 Å². The van der Waals surface area contributed by atoms with Gasteiger partial charge in [-0.15, -0.1) is 0 Å². The maximum atomic E-state index is 10.2. The summed E-state index contributed by atoms with van der Waals surface area (Å²) in [5.74, 6) is -0.879. The molecule has 172 valence electrons. The van der Waals surface area contributed by atoms with Crippen LogP contribution in [0, 0.1) is 0 Å². The van der Waals surface area contributed by atoms with E-state index < -0.39 is 5.97 Å². The van der Waals surface area contributed by atoms with Crippen LogP contribution in [0.4, 0.5) is 0 Å².